The third kappa shape index (κ3) is 3.68. The van der Waals surface area contributed by atoms with Crippen LogP contribution in [-0.2, 0) is 18.4 Å². The lowest BCUT2D eigenvalue weighted by Gasteiger charge is -2.60. The first-order chi connectivity index (χ1) is 14.6. The van der Waals surface area contributed by atoms with Crippen LogP contribution in [0.2, 0.25) is 13.1 Å². The Balaban J connectivity index is 1.56. The molecule has 176 valence electrons. The smallest absolute Gasteiger partial charge is 0.161 e. The maximum absolute atomic E-state index is 13.6. The SMILES string of the molecule is C[SiH2]OC(O[SiH2]C)C(C)(C)C1CC[C@@]2(C)C(C1)C(=O)C[C@@H]1[C@H]2CC[C@]2(C)C(=O)CC[C@@H]12. The number of fused-ring (bicyclic) bond motifs is 5. The van der Waals surface area contributed by atoms with E-state index in [1.54, 1.807) is 0 Å². The van der Waals surface area contributed by atoms with Crippen molar-refractivity contribution in [3.63, 3.8) is 0 Å². The van der Waals surface area contributed by atoms with Crippen LogP contribution in [0.25, 0.3) is 0 Å². The minimum absolute atomic E-state index is 0.0481. The molecule has 7 atom stereocenters. The van der Waals surface area contributed by atoms with Crippen LogP contribution < -0.4 is 0 Å². The molecule has 0 aromatic heterocycles. The average molecular weight is 465 g/mol. The van der Waals surface area contributed by atoms with Gasteiger partial charge in [0.2, 0.25) is 0 Å². The van der Waals surface area contributed by atoms with Crippen LogP contribution in [0.4, 0.5) is 0 Å². The monoisotopic (exact) mass is 464 g/mol. The average Bonchev–Trinajstić information content (AvgIpc) is 3.02. The van der Waals surface area contributed by atoms with Gasteiger partial charge in [0.25, 0.3) is 0 Å². The first-order valence-electron chi connectivity index (χ1n) is 12.9. The van der Waals surface area contributed by atoms with E-state index in [0.29, 0.717) is 41.7 Å². The van der Waals surface area contributed by atoms with Gasteiger partial charge in [-0.2, -0.15) is 0 Å². The van der Waals surface area contributed by atoms with Crippen molar-refractivity contribution in [3.05, 3.63) is 0 Å². The maximum atomic E-state index is 13.6. The van der Waals surface area contributed by atoms with Gasteiger partial charge >= 0.3 is 0 Å². The molecule has 0 heterocycles. The second-order valence-electron chi connectivity index (χ2n) is 12.1. The summed E-state index contributed by atoms with van der Waals surface area (Å²) in [5.41, 5.74) is -0.0942. The first-order valence-corrected chi connectivity index (χ1v) is 16.9. The summed E-state index contributed by atoms with van der Waals surface area (Å²) in [4.78, 5) is 26.3. The van der Waals surface area contributed by atoms with Crippen molar-refractivity contribution in [1.29, 1.82) is 0 Å². The van der Waals surface area contributed by atoms with Crippen molar-refractivity contribution in [1.82, 2.24) is 0 Å². The lowest BCUT2D eigenvalue weighted by Crippen LogP contribution is -2.58. The van der Waals surface area contributed by atoms with Gasteiger partial charge in [-0.1, -0.05) is 40.8 Å². The van der Waals surface area contributed by atoms with Crippen molar-refractivity contribution in [2.75, 3.05) is 0 Å². The van der Waals surface area contributed by atoms with Crippen LogP contribution in [0.5, 0.6) is 0 Å². The molecule has 0 aromatic rings. The van der Waals surface area contributed by atoms with E-state index >= 15 is 0 Å². The van der Waals surface area contributed by atoms with Crippen LogP contribution in [0.15, 0.2) is 0 Å². The number of hydrogen-bond donors (Lipinski definition) is 0. The van der Waals surface area contributed by atoms with E-state index in [1.807, 2.05) is 0 Å². The summed E-state index contributed by atoms with van der Waals surface area (Å²) in [5.74, 6) is 3.07. The molecule has 0 spiro atoms. The Kier molecular flexibility index (Phi) is 6.52. The van der Waals surface area contributed by atoms with E-state index in [0.717, 1.165) is 44.9 Å². The number of Topliss-reactive ketones (excluding diaryl/α,β-unsaturated/α-hetero) is 2. The first kappa shape index (κ1) is 23.8. The number of ketones is 2. The van der Waals surface area contributed by atoms with Gasteiger partial charge in [0, 0.05) is 29.6 Å². The third-order valence-electron chi connectivity index (χ3n) is 10.5. The quantitative estimate of drug-likeness (QED) is 0.440. The van der Waals surface area contributed by atoms with Gasteiger partial charge in [-0.25, -0.2) is 0 Å². The van der Waals surface area contributed by atoms with E-state index in [-0.39, 0.29) is 28.5 Å². The fourth-order valence-electron chi connectivity index (χ4n) is 8.46. The van der Waals surface area contributed by atoms with Crippen molar-refractivity contribution in [2.24, 2.45) is 45.8 Å². The summed E-state index contributed by atoms with van der Waals surface area (Å²) < 4.78 is 12.4. The van der Waals surface area contributed by atoms with E-state index in [9.17, 15) is 9.59 Å². The Hall–Kier alpha value is -0.306. The van der Waals surface area contributed by atoms with Crippen molar-refractivity contribution >= 4 is 31.1 Å². The summed E-state index contributed by atoms with van der Waals surface area (Å²) in [6.07, 6.45) is 7.83. The van der Waals surface area contributed by atoms with Crippen LogP contribution >= 0.6 is 0 Å². The van der Waals surface area contributed by atoms with Crippen LogP contribution in [-0.4, -0.2) is 37.4 Å². The number of carbonyl (C=O) groups is 2. The van der Waals surface area contributed by atoms with Crippen molar-refractivity contribution in [3.8, 4) is 0 Å². The van der Waals surface area contributed by atoms with E-state index < -0.39 is 19.5 Å². The second-order valence-corrected chi connectivity index (χ2v) is 13.9. The lowest BCUT2D eigenvalue weighted by molar-refractivity contribution is -0.168. The topological polar surface area (TPSA) is 52.6 Å². The highest BCUT2D eigenvalue weighted by molar-refractivity contribution is 6.26. The zero-order valence-corrected chi connectivity index (χ0v) is 23.5. The third-order valence-corrected chi connectivity index (χ3v) is 11.7. The molecule has 4 aliphatic rings. The Morgan fingerprint density at radius 3 is 2.32 bits per heavy atom. The van der Waals surface area contributed by atoms with E-state index in [2.05, 4.69) is 40.8 Å². The lowest BCUT2D eigenvalue weighted by atomic mass is 9.43. The zero-order valence-electron chi connectivity index (χ0n) is 20.7. The maximum Gasteiger partial charge on any atom is 0.161 e. The molecule has 0 aromatic carbocycles. The van der Waals surface area contributed by atoms with E-state index in [1.165, 1.54) is 0 Å². The molecule has 2 unspecified atom stereocenters. The molecule has 0 N–H and O–H groups in total. The van der Waals surface area contributed by atoms with Gasteiger partial charge < -0.3 is 8.85 Å². The van der Waals surface area contributed by atoms with Crippen LogP contribution in [0.1, 0.15) is 79.1 Å². The summed E-state index contributed by atoms with van der Waals surface area (Å²) in [6, 6.07) is 0. The summed E-state index contributed by atoms with van der Waals surface area (Å²) in [7, 11) is -1.09. The second kappa shape index (κ2) is 8.48. The largest absolute Gasteiger partial charge is 0.400 e. The molecule has 0 saturated heterocycles. The summed E-state index contributed by atoms with van der Waals surface area (Å²) >= 11 is 0. The fraction of sp³-hybridized carbons (Fsp3) is 0.920. The fourth-order valence-corrected chi connectivity index (χ4v) is 10.3. The Labute approximate surface area is 193 Å². The van der Waals surface area contributed by atoms with Crippen LogP contribution in [0, 0.1) is 45.8 Å². The van der Waals surface area contributed by atoms with Gasteiger partial charge in [0.15, 0.2) is 19.5 Å². The molecule has 4 saturated carbocycles. The molecule has 0 radical (unpaired) electrons. The van der Waals surface area contributed by atoms with Crippen molar-refractivity contribution < 1.29 is 18.4 Å². The Morgan fingerprint density at radius 2 is 1.68 bits per heavy atom. The van der Waals surface area contributed by atoms with Gasteiger partial charge in [-0.3, -0.25) is 9.59 Å². The molecule has 4 nitrogen and oxygen atoms in total. The van der Waals surface area contributed by atoms with E-state index in [4.69, 9.17) is 8.85 Å². The Morgan fingerprint density at radius 1 is 1.00 bits per heavy atom. The predicted octanol–water partition coefficient (Wildman–Crippen LogP) is 4.04. The number of hydrogen-bond acceptors (Lipinski definition) is 4. The summed E-state index contributed by atoms with van der Waals surface area (Å²) in [6.45, 7) is 13.6. The number of carbonyl (C=O) groups excluding carboxylic acids is 2. The molecule has 4 rings (SSSR count). The molecule has 31 heavy (non-hydrogen) atoms. The number of rotatable bonds is 6. The molecule has 4 aliphatic carbocycles. The normalized spacial score (nSPS) is 44.6. The van der Waals surface area contributed by atoms with Gasteiger partial charge in [-0.15, -0.1) is 0 Å². The molecule has 0 amide bonds. The highest BCUT2D eigenvalue weighted by atomic mass is 28.2. The van der Waals surface area contributed by atoms with Crippen molar-refractivity contribution in [2.45, 2.75) is 98.4 Å². The minimum atomic E-state index is -0.543. The highest BCUT2D eigenvalue weighted by Gasteiger charge is 2.63. The zero-order chi connectivity index (χ0) is 22.6. The van der Waals surface area contributed by atoms with Gasteiger partial charge in [0.05, 0.1) is 0 Å². The highest BCUT2D eigenvalue weighted by Crippen LogP contribution is 2.66. The molecule has 4 fully saturated rings. The molecule has 0 aliphatic heterocycles. The Bertz CT molecular complexity index is 718. The standard InChI is InChI=1S/C25H44O4Si2/c1-23(2,22(28-30-5)29-31-6)15-9-11-24(3)18-10-12-25(4)17(7-8-21(25)27)16(18)14-20(26)19(24)13-15/h15-19,22H,7-14,30-31H2,1-6H3/t15?,16-,17-,18+,19?,24+,25-/m0/s1. The predicted molar refractivity (Wildman–Crippen MR) is 129 cm³/mol. The minimum Gasteiger partial charge on any atom is -0.400 e. The van der Waals surface area contributed by atoms with Gasteiger partial charge in [-0.05, 0) is 67.6 Å². The van der Waals surface area contributed by atoms with Gasteiger partial charge in [0.1, 0.15) is 17.9 Å². The molecular weight excluding hydrogens is 420 g/mol. The molecular formula is C25H44O4Si2. The van der Waals surface area contributed by atoms with Crippen LogP contribution in [0.3, 0.4) is 0 Å². The summed E-state index contributed by atoms with van der Waals surface area (Å²) in [5, 5.41) is 0. The molecule has 0 bridgehead atoms. The molecule has 6 heteroatoms.